The largest absolute Gasteiger partial charge is 0.297 e. The highest BCUT2D eigenvalue weighted by atomic mass is 16.3. The number of nitrogens with zero attached hydrogens (tertiary/aromatic N) is 4. The average molecular weight is 142 g/mol. The maximum Gasteiger partial charge on any atom is 0.158 e. The fourth-order valence-electron chi connectivity index (χ4n) is 0.350. The summed E-state index contributed by atoms with van der Waals surface area (Å²) in [6, 6.07) is -1.02. The quantitative estimate of drug-likeness (QED) is 0.253. The highest BCUT2D eigenvalue weighted by Crippen LogP contribution is 1.92. The molecule has 10 heavy (non-hydrogen) atoms. The van der Waals surface area contributed by atoms with Gasteiger partial charge in [-0.1, -0.05) is 10.3 Å². The molecule has 0 aliphatic carbocycles. The molecule has 0 amide bonds. The van der Waals surface area contributed by atoms with Crippen molar-refractivity contribution in [3.05, 3.63) is 15.3 Å². The Kier molecular flexibility index (Phi) is 3.83. The third-order valence-electron chi connectivity index (χ3n) is 0.914. The minimum Gasteiger partial charge on any atom is -0.297 e. The van der Waals surface area contributed by atoms with Crippen molar-refractivity contribution in [3.8, 4) is 0 Å². The minimum absolute atomic E-state index is 0.185. The Morgan fingerprint density at radius 2 is 2.40 bits per heavy atom. The summed E-state index contributed by atoms with van der Waals surface area (Å²) in [7, 11) is 0. The number of carbonyl (C=O) groups is 1. The summed E-state index contributed by atoms with van der Waals surface area (Å²) in [6.45, 7) is 1.04. The topological polar surface area (TPSA) is 95.3 Å². The van der Waals surface area contributed by atoms with Crippen LogP contribution in [-0.2, 0) is 4.79 Å². The second kappa shape index (κ2) is 4.46. The number of rotatable bonds is 4. The van der Waals surface area contributed by atoms with E-state index in [0.717, 1.165) is 0 Å². The maximum absolute atomic E-state index is 10.4. The number of Topliss-reactive ketones (excluding diaryl/α,β-unsaturated/α-hetero) is 1. The lowest BCUT2D eigenvalue weighted by atomic mass is 10.2. The van der Waals surface area contributed by atoms with E-state index in [1.165, 1.54) is 6.92 Å². The van der Waals surface area contributed by atoms with E-state index in [0.29, 0.717) is 0 Å². The lowest BCUT2D eigenvalue weighted by Gasteiger charge is -1.96. The Labute approximate surface area is 56.8 Å². The Bertz CT molecular complexity index is 184. The molecule has 0 aromatic heterocycles. The monoisotopic (exact) mass is 142 g/mol. The van der Waals surface area contributed by atoms with Crippen LogP contribution in [0.5, 0.6) is 0 Å². The molecule has 0 aromatic rings. The van der Waals surface area contributed by atoms with Crippen LogP contribution in [0.4, 0.5) is 0 Å². The molecule has 0 spiro atoms. The van der Waals surface area contributed by atoms with Gasteiger partial charge in [-0.3, -0.25) is 4.79 Å². The summed E-state index contributed by atoms with van der Waals surface area (Å²) < 4.78 is 0. The summed E-state index contributed by atoms with van der Waals surface area (Å²) in [5.74, 6) is -0.387. The van der Waals surface area contributed by atoms with Gasteiger partial charge in [-0.2, -0.15) is 4.91 Å². The fraction of sp³-hybridized carbons (Fsp3) is 0.750. The van der Waals surface area contributed by atoms with Crippen molar-refractivity contribution >= 4 is 5.78 Å². The van der Waals surface area contributed by atoms with Crippen molar-refractivity contribution in [1.82, 2.24) is 0 Å². The molecule has 6 heteroatoms. The number of ketones is 1. The maximum atomic E-state index is 10.4. The van der Waals surface area contributed by atoms with Crippen molar-refractivity contribution in [3.63, 3.8) is 0 Å². The Hall–Kier alpha value is -1.42. The highest BCUT2D eigenvalue weighted by molar-refractivity contribution is 5.81. The van der Waals surface area contributed by atoms with Crippen LogP contribution in [0.15, 0.2) is 10.3 Å². The summed E-state index contributed by atoms with van der Waals surface area (Å²) >= 11 is 0. The first-order chi connectivity index (χ1) is 4.72. The first-order valence-electron chi connectivity index (χ1n) is 2.56. The van der Waals surface area contributed by atoms with E-state index in [1.807, 2.05) is 0 Å². The molecule has 0 aliphatic heterocycles. The Morgan fingerprint density at radius 3 is 2.70 bits per heavy atom. The molecule has 0 saturated carbocycles. The summed E-state index contributed by atoms with van der Waals surface area (Å²) in [5.41, 5.74) is 7.80. The summed E-state index contributed by atoms with van der Waals surface area (Å²) in [6.07, 6.45) is 0. The number of hydrogen-bond donors (Lipinski definition) is 0. The molecule has 0 aromatic carbocycles. The zero-order valence-corrected chi connectivity index (χ0v) is 5.39. The molecule has 1 unspecified atom stereocenters. The first kappa shape index (κ1) is 8.58. The number of carbonyl (C=O) groups excluding carboxylic acids is 1. The second-order valence-corrected chi connectivity index (χ2v) is 1.65. The summed E-state index contributed by atoms with van der Waals surface area (Å²) in [5, 5.41) is 5.49. The molecule has 0 saturated heterocycles. The van der Waals surface area contributed by atoms with Crippen molar-refractivity contribution in [1.29, 1.82) is 0 Å². The van der Waals surface area contributed by atoms with Crippen LogP contribution in [0, 0.1) is 4.91 Å². The third kappa shape index (κ3) is 2.78. The lowest BCUT2D eigenvalue weighted by Crippen LogP contribution is -2.17. The molecule has 1 atom stereocenters. The van der Waals surface area contributed by atoms with E-state index in [-0.39, 0.29) is 12.3 Å². The van der Waals surface area contributed by atoms with Gasteiger partial charge in [0.15, 0.2) is 11.8 Å². The predicted octanol–water partition coefficient (Wildman–Crippen LogP) is 1.02. The van der Waals surface area contributed by atoms with Crippen LogP contribution in [-0.4, -0.2) is 18.4 Å². The smallest absolute Gasteiger partial charge is 0.158 e. The van der Waals surface area contributed by atoms with E-state index in [9.17, 15) is 9.70 Å². The molecule has 54 valence electrons. The molecular formula is C4H6N4O2. The van der Waals surface area contributed by atoms with Crippen LogP contribution >= 0.6 is 0 Å². The summed E-state index contributed by atoms with van der Waals surface area (Å²) in [4.78, 5) is 22.6. The lowest BCUT2D eigenvalue weighted by molar-refractivity contribution is -0.117. The molecule has 0 bridgehead atoms. The number of azide groups is 1. The normalized spacial score (nSPS) is 11.3. The molecule has 0 N–H and O–H groups in total. The second-order valence-electron chi connectivity index (χ2n) is 1.65. The van der Waals surface area contributed by atoms with Gasteiger partial charge in [-0.05, 0) is 12.5 Å². The number of nitroso groups, excluding NO2 is 1. The minimum atomic E-state index is -1.02. The first-order valence-corrected chi connectivity index (χ1v) is 2.56. The van der Waals surface area contributed by atoms with Crippen LogP contribution < -0.4 is 0 Å². The average Bonchev–Trinajstić information content (AvgIpc) is 1.89. The van der Waals surface area contributed by atoms with Gasteiger partial charge < -0.3 is 0 Å². The standard InChI is InChI=1S/C4H6N4O2/c1-3(9)4(7-10)2-6-8-5/h4H,2H2,1H3. The molecule has 0 fully saturated rings. The van der Waals surface area contributed by atoms with E-state index < -0.39 is 6.04 Å². The van der Waals surface area contributed by atoms with Gasteiger partial charge in [0, 0.05) is 4.91 Å². The van der Waals surface area contributed by atoms with Crippen LogP contribution in [0.3, 0.4) is 0 Å². The molecule has 0 heterocycles. The van der Waals surface area contributed by atoms with Gasteiger partial charge >= 0.3 is 0 Å². The molecule has 0 radical (unpaired) electrons. The molecule has 0 aliphatic rings. The SMILES string of the molecule is CC(=O)C(CN=[N+]=[N-])N=O. The zero-order valence-electron chi connectivity index (χ0n) is 5.39. The van der Waals surface area contributed by atoms with Gasteiger partial charge in [-0.15, -0.1) is 0 Å². The van der Waals surface area contributed by atoms with Crippen molar-refractivity contribution < 1.29 is 4.79 Å². The predicted molar refractivity (Wildman–Crippen MR) is 34.3 cm³/mol. The van der Waals surface area contributed by atoms with E-state index in [4.69, 9.17) is 5.53 Å². The van der Waals surface area contributed by atoms with Crippen molar-refractivity contribution in [2.24, 2.45) is 10.3 Å². The van der Waals surface area contributed by atoms with Gasteiger partial charge in [0.1, 0.15) is 0 Å². The van der Waals surface area contributed by atoms with Gasteiger partial charge in [0.2, 0.25) is 0 Å². The zero-order chi connectivity index (χ0) is 7.98. The van der Waals surface area contributed by atoms with Gasteiger partial charge in [0.05, 0.1) is 6.54 Å². The van der Waals surface area contributed by atoms with Crippen molar-refractivity contribution in [2.75, 3.05) is 6.54 Å². The molecule has 6 nitrogen and oxygen atoms in total. The van der Waals surface area contributed by atoms with Crippen LogP contribution in [0.2, 0.25) is 0 Å². The highest BCUT2D eigenvalue weighted by Gasteiger charge is 2.11. The number of hydrogen-bond acceptors (Lipinski definition) is 4. The fourth-order valence-corrected chi connectivity index (χ4v) is 0.350. The van der Waals surface area contributed by atoms with Gasteiger partial charge in [-0.25, -0.2) is 0 Å². The molecular weight excluding hydrogens is 136 g/mol. The van der Waals surface area contributed by atoms with E-state index >= 15 is 0 Å². The van der Waals surface area contributed by atoms with Crippen molar-refractivity contribution in [2.45, 2.75) is 13.0 Å². The van der Waals surface area contributed by atoms with Gasteiger partial charge in [0.25, 0.3) is 0 Å². The molecule has 0 rings (SSSR count). The van der Waals surface area contributed by atoms with Crippen LogP contribution in [0.25, 0.3) is 10.4 Å². The third-order valence-corrected chi connectivity index (χ3v) is 0.914. The Morgan fingerprint density at radius 1 is 1.80 bits per heavy atom. The Balaban J connectivity index is 3.95. The van der Waals surface area contributed by atoms with E-state index in [1.54, 1.807) is 0 Å². The van der Waals surface area contributed by atoms with E-state index in [2.05, 4.69) is 15.2 Å². The van der Waals surface area contributed by atoms with Crippen LogP contribution in [0.1, 0.15) is 6.92 Å².